The van der Waals surface area contributed by atoms with E-state index in [2.05, 4.69) is 22.9 Å². The van der Waals surface area contributed by atoms with Gasteiger partial charge in [0.15, 0.2) is 6.10 Å². The van der Waals surface area contributed by atoms with Crippen LogP contribution in [0.1, 0.15) is 80.2 Å². The minimum atomic E-state index is -1.91. The van der Waals surface area contributed by atoms with Gasteiger partial charge in [0, 0.05) is 11.6 Å². The number of unbranched alkanes of at least 4 members (excludes halogenated alkanes) is 1. The number of aryl methyl sites for hydroxylation is 1. The highest BCUT2D eigenvalue weighted by Crippen LogP contribution is 2.40. The predicted molar refractivity (Wildman–Crippen MR) is 172 cm³/mol. The van der Waals surface area contributed by atoms with Crippen molar-refractivity contribution in [2.24, 2.45) is 5.92 Å². The molecular formula is C37H39F2N3O4. The van der Waals surface area contributed by atoms with Crippen molar-refractivity contribution in [2.75, 3.05) is 0 Å². The highest BCUT2D eigenvalue weighted by molar-refractivity contribution is 5.96. The molecule has 0 saturated carbocycles. The maximum absolute atomic E-state index is 14.4. The Kier molecular flexibility index (Phi) is 10.4. The van der Waals surface area contributed by atoms with Crippen LogP contribution in [0.2, 0.25) is 0 Å². The summed E-state index contributed by atoms with van der Waals surface area (Å²) in [6.07, 6.45) is 6.50. The molecule has 3 N–H and O–H groups in total. The van der Waals surface area contributed by atoms with Gasteiger partial charge in [-0.05, 0) is 72.4 Å². The molecule has 0 aromatic heterocycles. The molecule has 1 aliphatic heterocycles. The lowest BCUT2D eigenvalue weighted by molar-refractivity contribution is -0.143. The second-order valence-electron chi connectivity index (χ2n) is 12.2. The summed E-state index contributed by atoms with van der Waals surface area (Å²) in [5, 5.41) is 14.4. The first kappa shape index (κ1) is 32.8. The lowest BCUT2D eigenvalue weighted by Crippen LogP contribution is -2.56. The summed E-state index contributed by atoms with van der Waals surface area (Å²) >= 11 is 0. The zero-order chi connectivity index (χ0) is 32.8. The van der Waals surface area contributed by atoms with E-state index in [0.29, 0.717) is 31.0 Å². The van der Waals surface area contributed by atoms with Crippen LogP contribution in [0.3, 0.4) is 0 Å². The number of allylic oxidation sites excluding steroid dienone is 4. The third-order valence-electron chi connectivity index (χ3n) is 8.53. The van der Waals surface area contributed by atoms with Crippen LogP contribution < -0.4 is 10.7 Å². The van der Waals surface area contributed by atoms with Gasteiger partial charge in [-0.15, -0.1) is 0 Å². The number of fused-ring (bicyclic) bond motifs is 2. The number of carbonyl (C=O) groups excluding carboxylic acids is 3. The van der Waals surface area contributed by atoms with Crippen molar-refractivity contribution in [3.63, 3.8) is 0 Å². The number of carbonyl (C=O) groups is 3. The number of hydrazine groups is 1. The number of amides is 3. The molecule has 3 aromatic carbocycles. The minimum absolute atomic E-state index is 0.259. The van der Waals surface area contributed by atoms with Gasteiger partial charge >= 0.3 is 0 Å². The molecule has 1 heterocycles. The van der Waals surface area contributed by atoms with Gasteiger partial charge < -0.3 is 10.4 Å². The lowest BCUT2D eigenvalue weighted by Gasteiger charge is -2.32. The van der Waals surface area contributed by atoms with E-state index in [0.717, 1.165) is 48.1 Å². The summed E-state index contributed by atoms with van der Waals surface area (Å²) in [5.74, 6) is -4.75. The molecular weight excluding hydrogens is 588 g/mol. The molecule has 3 aromatic rings. The van der Waals surface area contributed by atoms with Crippen molar-refractivity contribution >= 4 is 23.3 Å². The van der Waals surface area contributed by atoms with Crippen LogP contribution >= 0.6 is 0 Å². The molecule has 0 radical (unpaired) electrons. The molecule has 0 saturated heterocycles. The van der Waals surface area contributed by atoms with E-state index < -0.39 is 47.4 Å². The fraction of sp³-hybridized carbons (Fsp3) is 0.324. The molecule has 7 nitrogen and oxygen atoms in total. The Hall–Kier alpha value is -4.63. The Morgan fingerprint density at radius 1 is 0.957 bits per heavy atom. The maximum atomic E-state index is 14.4. The number of aliphatic hydroxyl groups excluding tert-OH is 1. The Labute approximate surface area is 268 Å². The smallest absolute Gasteiger partial charge is 0.261 e. The Balaban J connectivity index is 1.38. The van der Waals surface area contributed by atoms with Crippen molar-refractivity contribution in [2.45, 2.75) is 70.4 Å². The van der Waals surface area contributed by atoms with E-state index in [1.807, 2.05) is 54.6 Å². The van der Waals surface area contributed by atoms with Crippen LogP contribution in [0.5, 0.6) is 0 Å². The third kappa shape index (κ3) is 7.42. The minimum Gasteiger partial charge on any atom is -0.378 e. The van der Waals surface area contributed by atoms with E-state index in [1.165, 1.54) is 10.6 Å². The van der Waals surface area contributed by atoms with E-state index in [1.54, 1.807) is 13.8 Å². The van der Waals surface area contributed by atoms with Gasteiger partial charge in [-0.3, -0.25) is 19.8 Å². The normalized spacial score (nSPS) is 17.2. The van der Waals surface area contributed by atoms with Crippen molar-refractivity contribution < 1.29 is 28.3 Å². The van der Waals surface area contributed by atoms with Crippen molar-refractivity contribution in [3.05, 3.63) is 125 Å². The topological polar surface area (TPSA) is 98.7 Å². The average Bonchev–Trinajstić information content (AvgIpc) is 3.14. The Morgan fingerprint density at radius 3 is 2.37 bits per heavy atom. The number of hydrogen-bond acceptors (Lipinski definition) is 4. The second kappa shape index (κ2) is 14.6. The second-order valence-corrected chi connectivity index (χ2v) is 12.2. The Bertz CT molecular complexity index is 1630. The van der Waals surface area contributed by atoms with Crippen LogP contribution in [0.15, 0.2) is 90.6 Å². The van der Waals surface area contributed by atoms with Crippen molar-refractivity contribution in [1.29, 1.82) is 0 Å². The number of halogens is 2. The molecule has 240 valence electrons. The van der Waals surface area contributed by atoms with Crippen LogP contribution in [0.4, 0.5) is 8.78 Å². The molecule has 3 atom stereocenters. The largest absolute Gasteiger partial charge is 0.378 e. The first-order valence-corrected chi connectivity index (χ1v) is 15.8. The molecule has 5 rings (SSSR count). The van der Waals surface area contributed by atoms with Gasteiger partial charge in [0.05, 0.1) is 11.6 Å². The zero-order valence-electron chi connectivity index (χ0n) is 26.0. The first-order valence-electron chi connectivity index (χ1n) is 15.8. The Morgan fingerprint density at radius 2 is 1.65 bits per heavy atom. The molecule has 9 heteroatoms. The molecule has 2 aliphatic rings. The van der Waals surface area contributed by atoms with Crippen LogP contribution in [-0.2, 0) is 20.8 Å². The quantitative estimate of drug-likeness (QED) is 0.218. The van der Waals surface area contributed by atoms with Gasteiger partial charge in [-0.2, -0.15) is 0 Å². The monoisotopic (exact) mass is 627 g/mol. The molecule has 0 bridgehead atoms. The van der Waals surface area contributed by atoms with E-state index in [4.69, 9.17) is 0 Å². The highest BCUT2D eigenvalue weighted by atomic mass is 19.1. The van der Waals surface area contributed by atoms with Gasteiger partial charge in [0.25, 0.3) is 17.7 Å². The average molecular weight is 628 g/mol. The summed E-state index contributed by atoms with van der Waals surface area (Å²) in [6.45, 7) is 3.42. The summed E-state index contributed by atoms with van der Waals surface area (Å²) < 4.78 is 27.5. The number of nitrogens with one attached hydrogen (secondary N) is 2. The molecule has 3 amide bonds. The standard InChI is InChI=1S/C37H39F2N3O4/c1-23(2)33(40-36(45)34(43)25-20-26(38)22-27(39)21-25)35(44)41-42-32-19-11-10-17-30(32)28-15-8-9-16-29(28)31(37(42)46)18-7-6-14-24-12-4-3-5-13-24/h3-5,8-10,12-13,15-17,20-23,31,33-34,43H,6-7,11,14,18-19H2,1-2H3,(H,40,45)(H,41,44)/t31?,33-,34-/m0/s1. The predicted octanol–water partition coefficient (Wildman–Crippen LogP) is 6.27. The van der Waals surface area contributed by atoms with Crippen LogP contribution in [-0.4, -0.2) is 33.9 Å². The van der Waals surface area contributed by atoms with E-state index >= 15 is 0 Å². The third-order valence-corrected chi connectivity index (χ3v) is 8.53. The SMILES string of the molecule is CC(C)[C@H](NC(=O)[C@@H](O)c1cc(F)cc(F)c1)C(=O)NN1C(=O)C(CCCCc2ccccc2)c2ccccc2C2=C1CCC=C2. The summed E-state index contributed by atoms with van der Waals surface area (Å²) in [7, 11) is 0. The number of benzene rings is 3. The first-order chi connectivity index (χ1) is 22.1. The molecule has 1 unspecified atom stereocenters. The summed E-state index contributed by atoms with van der Waals surface area (Å²) in [5.41, 5.74) is 7.15. The fourth-order valence-electron chi connectivity index (χ4n) is 6.15. The van der Waals surface area contributed by atoms with Gasteiger partial charge in [-0.25, -0.2) is 13.8 Å². The van der Waals surface area contributed by atoms with E-state index in [9.17, 15) is 28.3 Å². The maximum Gasteiger partial charge on any atom is 0.261 e. The van der Waals surface area contributed by atoms with Gasteiger partial charge in [-0.1, -0.05) is 87.0 Å². The van der Waals surface area contributed by atoms with Crippen LogP contribution in [0.25, 0.3) is 5.57 Å². The van der Waals surface area contributed by atoms with E-state index in [-0.39, 0.29) is 11.5 Å². The fourth-order valence-corrected chi connectivity index (χ4v) is 6.15. The number of nitrogens with zero attached hydrogens (tertiary/aromatic N) is 1. The number of aliphatic hydroxyl groups is 1. The highest BCUT2D eigenvalue weighted by Gasteiger charge is 2.38. The molecule has 0 fully saturated rings. The molecule has 0 spiro atoms. The molecule has 46 heavy (non-hydrogen) atoms. The van der Waals surface area contributed by atoms with Crippen molar-refractivity contribution in [3.8, 4) is 0 Å². The lowest BCUT2D eigenvalue weighted by atomic mass is 9.86. The molecule has 1 aliphatic carbocycles. The zero-order valence-corrected chi connectivity index (χ0v) is 26.0. The van der Waals surface area contributed by atoms with Gasteiger partial charge in [0.2, 0.25) is 0 Å². The summed E-state index contributed by atoms with van der Waals surface area (Å²) in [6, 6.07) is 19.2. The summed E-state index contributed by atoms with van der Waals surface area (Å²) in [4.78, 5) is 41.2. The number of hydrogen-bond donors (Lipinski definition) is 3. The van der Waals surface area contributed by atoms with Gasteiger partial charge in [0.1, 0.15) is 17.7 Å². The van der Waals surface area contributed by atoms with Crippen LogP contribution in [0, 0.1) is 17.6 Å². The number of rotatable bonds is 11. The van der Waals surface area contributed by atoms with Crippen molar-refractivity contribution in [1.82, 2.24) is 15.8 Å².